The molecule has 2 atom stereocenters. The second-order valence-electron chi connectivity index (χ2n) is 6.74. The first-order valence-corrected chi connectivity index (χ1v) is 11.2. The molecule has 0 aromatic heterocycles. The van der Waals surface area contributed by atoms with Gasteiger partial charge in [-0.1, -0.05) is 30.3 Å². The third kappa shape index (κ3) is 5.63. The van der Waals surface area contributed by atoms with Gasteiger partial charge < -0.3 is 9.46 Å². The van der Waals surface area contributed by atoms with E-state index in [0.717, 1.165) is 23.8 Å². The molecule has 1 heterocycles. The number of ether oxygens (including phenoxy) is 1. The molecule has 0 bridgehead atoms. The average molecular weight is 420 g/mol. The summed E-state index contributed by atoms with van der Waals surface area (Å²) in [5, 5.41) is 0. The molecule has 2 aromatic rings. The Morgan fingerprint density at radius 3 is 2.48 bits per heavy atom. The van der Waals surface area contributed by atoms with Crippen molar-refractivity contribution < 1.29 is 23.1 Å². The van der Waals surface area contributed by atoms with Crippen LogP contribution in [-0.4, -0.2) is 35.8 Å². The quantitative estimate of drug-likeness (QED) is 0.697. The van der Waals surface area contributed by atoms with Crippen LogP contribution < -0.4 is 4.72 Å². The predicted octanol–water partition coefficient (Wildman–Crippen LogP) is 3.52. The number of nitrogens with one attached hydrogen (secondary N) is 1. The van der Waals surface area contributed by atoms with Gasteiger partial charge in [0, 0.05) is 17.6 Å². The normalized spacial score (nSPS) is 22.7. The number of hydrogen-bond donors (Lipinski definition) is 1. The van der Waals surface area contributed by atoms with Crippen molar-refractivity contribution in [1.29, 1.82) is 0 Å². The molecule has 8 heteroatoms. The zero-order chi connectivity index (χ0) is 20.9. The number of halogens is 2. The van der Waals surface area contributed by atoms with Crippen molar-refractivity contribution >= 4 is 27.6 Å². The molecule has 0 fully saturated rings. The Balaban J connectivity index is 1.77. The Morgan fingerprint density at radius 1 is 1.14 bits per heavy atom. The van der Waals surface area contributed by atoms with Gasteiger partial charge in [-0.25, -0.2) is 13.6 Å². The molecule has 1 aliphatic rings. The minimum Gasteiger partial charge on any atom is -0.464 e. The lowest BCUT2D eigenvalue weighted by atomic mass is 10.1. The third-order valence-corrected chi connectivity index (χ3v) is 7.25. The van der Waals surface area contributed by atoms with Crippen LogP contribution in [0.4, 0.5) is 8.78 Å². The molecule has 0 radical (unpaired) electrons. The van der Waals surface area contributed by atoms with E-state index in [1.54, 1.807) is 12.5 Å². The number of nitrogens with zero attached hydrogens (tertiary/aromatic N) is 1. The standard InChI is InChI=1S/C21H22F2N2O3S/c1-2-28-21(27)19-13-29(14-24-19,12-15-6-4-3-5-7-15)25-20(26)10-16-8-17(22)11-18(23)9-16/h3-9,11,14,19H,2,10,12-13H2,1H3,(H,25,26). The van der Waals surface area contributed by atoms with E-state index in [2.05, 4.69) is 9.71 Å². The number of carbonyl (C=O) groups excluding carboxylic acids is 2. The molecule has 1 N–H and O–H groups in total. The van der Waals surface area contributed by atoms with Gasteiger partial charge in [-0.05, 0) is 30.2 Å². The smallest absolute Gasteiger partial charge is 0.331 e. The molecule has 0 saturated heterocycles. The molecule has 1 aliphatic heterocycles. The summed E-state index contributed by atoms with van der Waals surface area (Å²) < 4.78 is 34.9. The molecule has 0 spiro atoms. The van der Waals surface area contributed by atoms with Crippen molar-refractivity contribution in [2.24, 2.45) is 4.99 Å². The van der Waals surface area contributed by atoms with Crippen molar-refractivity contribution in [1.82, 2.24) is 4.72 Å². The fraction of sp³-hybridized carbons (Fsp3) is 0.286. The number of amides is 1. The minimum atomic E-state index is -1.95. The Kier molecular flexibility index (Phi) is 6.64. The van der Waals surface area contributed by atoms with Crippen molar-refractivity contribution in [3.63, 3.8) is 0 Å². The molecular weight excluding hydrogens is 398 g/mol. The van der Waals surface area contributed by atoms with Gasteiger partial charge in [0.05, 0.1) is 18.6 Å². The first-order valence-electron chi connectivity index (χ1n) is 9.17. The lowest BCUT2D eigenvalue weighted by Gasteiger charge is -2.34. The number of benzene rings is 2. The van der Waals surface area contributed by atoms with Crippen molar-refractivity contribution in [3.05, 3.63) is 71.3 Å². The summed E-state index contributed by atoms with van der Waals surface area (Å²) in [5.41, 5.74) is 2.90. The fourth-order valence-corrected chi connectivity index (χ4v) is 6.12. The van der Waals surface area contributed by atoms with Crippen LogP contribution in [0, 0.1) is 11.6 Å². The number of aliphatic imine (C=N–C) groups is 1. The number of rotatable bonds is 7. The van der Waals surface area contributed by atoms with Crippen LogP contribution in [0.25, 0.3) is 0 Å². The van der Waals surface area contributed by atoms with Gasteiger partial charge in [0.1, 0.15) is 11.6 Å². The van der Waals surface area contributed by atoms with E-state index < -0.39 is 33.9 Å². The van der Waals surface area contributed by atoms with Crippen LogP contribution in [0.5, 0.6) is 0 Å². The fourth-order valence-electron chi connectivity index (χ4n) is 3.16. The Morgan fingerprint density at radius 2 is 1.83 bits per heavy atom. The first kappa shape index (κ1) is 21.0. The van der Waals surface area contributed by atoms with Gasteiger partial charge in [0.25, 0.3) is 0 Å². The molecule has 2 aromatic carbocycles. The maximum atomic E-state index is 13.4. The molecule has 5 nitrogen and oxygen atoms in total. The highest BCUT2D eigenvalue weighted by Crippen LogP contribution is 2.49. The largest absolute Gasteiger partial charge is 0.464 e. The van der Waals surface area contributed by atoms with Crippen LogP contribution in [-0.2, 0) is 26.5 Å². The lowest BCUT2D eigenvalue weighted by Crippen LogP contribution is -2.34. The molecule has 0 aliphatic carbocycles. The van der Waals surface area contributed by atoms with Gasteiger partial charge in [-0.3, -0.25) is 9.79 Å². The highest BCUT2D eigenvalue weighted by atomic mass is 32.3. The second kappa shape index (κ2) is 9.17. The summed E-state index contributed by atoms with van der Waals surface area (Å²) in [4.78, 5) is 29.1. The van der Waals surface area contributed by atoms with E-state index in [1.165, 1.54) is 0 Å². The van der Waals surface area contributed by atoms with Gasteiger partial charge in [-0.2, -0.15) is 0 Å². The maximum absolute atomic E-state index is 13.4. The molecule has 2 unspecified atom stereocenters. The van der Waals surface area contributed by atoms with E-state index >= 15 is 0 Å². The van der Waals surface area contributed by atoms with Crippen LogP contribution in [0.3, 0.4) is 0 Å². The van der Waals surface area contributed by atoms with Gasteiger partial charge in [0.2, 0.25) is 5.91 Å². The number of esters is 1. The summed E-state index contributed by atoms with van der Waals surface area (Å²) in [6.07, 6.45) is -0.171. The summed E-state index contributed by atoms with van der Waals surface area (Å²) in [7, 11) is -1.95. The molecule has 3 rings (SSSR count). The zero-order valence-corrected chi connectivity index (χ0v) is 16.8. The predicted molar refractivity (Wildman–Crippen MR) is 110 cm³/mol. The Bertz CT molecular complexity index is 903. The van der Waals surface area contributed by atoms with Crippen molar-refractivity contribution in [2.45, 2.75) is 25.1 Å². The van der Waals surface area contributed by atoms with Gasteiger partial charge in [0.15, 0.2) is 6.04 Å². The molecule has 1 amide bonds. The molecule has 0 saturated carbocycles. The van der Waals surface area contributed by atoms with Crippen LogP contribution in [0.2, 0.25) is 0 Å². The SMILES string of the molecule is CCOC(=O)C1CS(Cc2ccccc2)(NC(=O)Cc2cc(F)cc(F)c2)C=N1. The molecule has 154 valence electrons. The average Bonchev–Trinajstić information content (AvgIpc) is 3.05. The third-order valence-electron chi connectivity index (χ3n) is 4.33. The molecule has 29 heavy (non-hydrogen) atoms. The van der Waals surface area contributed by atoms with Crippen LogP contribution in [0.15, 0.2) is 53.5 Å². The van der Waals surface area contributed by atoms with E-state index in [4.69, 9.17) is 4.74 Å². The highest BCUT2D eigenvalue weighted by Gasteiger charge is 2.37. The van der Waals surface area contributed by atoms with Crippen LogP contribution in [0.1, 0.15) is 18.1 Å². The summed E-state index contributed by atoms with van der Waals surface area (Å²) in [6.45, 7) is 1.98. The minimum absolute atomic E-state index is 0.171. The van der Waals surface area contributed by atoms with Crippen molar-refractivity contribution in [2.75, 3.05) is 12.4 Å². The van der Waals surface area contributed by atoms with Crippen molar-refractivity contribution in [3.8, 4) is 0 Å². The summed E-state index contributed by atoms with van der Waals surface area (Å²) in [6, 6.07) is 11.9. The maximum Gasteiger partial charge on any atom is 0.331 e. The van der Waals surface area contributed by atoms with Gasteiger partial charge in [-0.15, -0.1) is 10.2 Å². The first-order chi connectivity index (χ1) is 13.9. The zero-order valence-electron chi connectivity index (χ0n) is 15.9. The van der Waals surface area contributed by atoms with E-state index in [0.29, 0.717) is 11.5 Å². The van der Waals surface area contributed by atoms with E-state index in [9.17, 15) is 18.4 Å². The number of hydrogen-bond acceptors (Lipinski definition) is 4. The topological polar surface area (TPSA) is 67.8 Å². The second-order valence-corrected chi connectivity index (χ2v) is 9.67. The monoisotopic (exact) mass is 420 g/mol. The highest BCUT2D eigenvalue weighted by molar-refractivity contribution is 8.42. The number of carbonyl (C=O) groups is 2. The van der Waals surface area contributed by atoms with E-state index in [1.807, 2.05) is 30.3 Å². The Hall–Kier alpha value is -2.74. The summed E-state index contributed by atoms with van der Waals surface area (Å²) in [5.74, 6) is -1.42. The Labute approximate surface area is 169 Å². The summed E-state index contributed by atoms with van der Waals surface area (Å²) >= 11 is 0. The van der Waals surface area contributed by atoms with Crippen LogP contribution >= 0.6 is 10.2 Å². The molecular formula is C21H22F2N2O3S. The van der Waals surface area contributed by atoms with Gasteiger partial charge >= 0.3 is 5.97 Å². The lowest BCUT2D eigenvalue weighted by molar-refractivity contribution is -0.143. The van der Waals surface area contributed by atoms with E-state index in [-0.39, 0.29) is 24.5 Å².